The van der Waals surface area contributed by atoms with Gasteiger partial charge < -0.3 is 5.73 Å². The van der Waals surface area contributed by atoms with E-state index in [0.29, 0.717) is 0 Å². The molecule has 0 radical (unpaired) electrons. The number of rotatable bonds is 4. The molecule has 4 heteroatoms. The van der Waals surface area contributed by atoms with E-state index in [4.69, 9.17) is 5.73 Å². The van der Waals surface area contributed by atoms with Gasteiger partial charge in [-0.15, -0.1) is 11.3 Å². The van der Waals surface area contributed by atoms with Crippen molar-refractivity contribution in [2.45, 2.75) is 25.3 Å². The average Bonchev–Trinajstić information content (AvgIpc) is 2.78. The molecule has 2 aromatic rings. The molecule has 0 bridgehead atoms. The highest BCUT2D eigenvalue weighted by atomic mass is 32.1. The van der Waals surface area contributed by atoms with Crippen molar-refractivity contribution in [2.75, 3.05) is 0 Å². The number of alkyl halides is 2. The molecule has 0 saturated carbocycles. The fourth-order valence-corrected chi connectivity index (χ4v) is 2.87. The molecule has 18 heavy (non-hydrogen) atoms. The lowest BCUT2D eigenvalue weighted by Crippen LogP contribution is -2.45. The lowest BCUT2D eigenvalue weighted by molar-refractivity contribution is 0.0644. The lowest BCUT2D eigenvalue weighted by Gasteiger charge is -2.22. The minimum absolute atomic E-state index is 0.197. The van der Waals surface area contributed by atoms with Gasteiger partial charge in [0.1, 0.15) is 0 Å². The standard InChI is InChI=1S/C14H15F2NS/c1-14(17,13(15)16)9-11-7-8-12(18-11)10-5-3-2-4-6-10/h2-8,13H,9,17H2,1H3. The van der Waals surface area contributed by atoms with E-state index in [2.05, 4.69) is 0 Å². The van der Waals surface area contributed by atoms with E-state index >= 15 is 0 Å². The van der Waals surface area contributed by atoms with Crippen LogP contribution in [0.25, 0.3) is 10.4 Å². The van der Waals surface area contributed by atoms with Gasteiger partial charge in [0.2, 0.25) is 0 Å². The minimum atomic E-state index is -2.51. The van der Waals surface area contributed by atoms with E-state index in [0.717, 1.165) is 15.3 Å². The molecule has 2 rings (SSSR count). The third-order valence-electron chi connectivity index (χ3n) is 2.77. The first-order valence-electron chi connectivity index (χ1n) is 5.70. The summed E-state index contributed by atoms with van der Waals surface area (Å²) < 4.78 is 25.4. The van der Waals surface area contributed by atoms with Crippen molar-refractivity contribution in [3.8, 4) is 10.4 Å². The van der Waals surface area contributed by atoms with E-state index in [1.165, 1.54) is 18.3 Å². The first-order valence-corrected chi connectivity index (χ1v) is 6.52. The summed E-state index contributed by atoms with van der Waals surface area (Å²) in [6.45, 7) is 1.39. The summed E-state index contributed by atoms with van der Waals surface area (Å²) in [5, 5.41) is 0. The van der Waals surface area contributed by atoms with E-state index < -0.39 is 12.0 Å². The monoisotopic (exact) mass is 267 g/mol. The van der Waals surface area contributed by atoms with Gasteiger partial charge in [0.05, 0.1) is 5.54 Å². The normalized spacial score (nSPS) is 14.7. The van der Waals surface area contributed by atoms with Crippen molar-refractivity contribution in [3.05, 3.63) is 47.3 Å². The molecule has 0 saturated heterocycles. The van der Waals surface area contributed by atoms with E-state index in [1.807, 2.05) is 42.5 Å². The van der Waals surface area contributed by atoms with Gasteiger partial charge in [-0.2, -0.15) is 0 Å². The van der Waals surface area contributed by atoms with Crippen LogP contribution in [0.15, 0.2) is 42.5 Å². The van der Waals surface area contributed by atoms with E-state index in [-0.39, 0.29) is 6.42 Å². The van der Waals surface area contributed by atoms with Crippen molar-refractivity contribution >= 4 is 11.3 Å². The molecule has 1 aromatic carbocycles. The number of benzene rings is 1. The van der Waals surface area contributed by atoms with Crippen molar-refractivity contribution < 1.29 is 8.78 Å². The highest BCUT2D eigenvalue weighted by Crippen LogP contribution is 2.30. The molecule has 2 N–H and O–H groups in total. The van der Waals surface area contributed by atoms with Crippen LogP contribution >= 0.6 is 11.3 Å². The zero-order chi connectivity index (χ0) is 13.2. The third-order valence-corrected chi connectivity index (χ3v) is 3.91. The Hall–Kier alpha value is -1.26. The maximum absolute atomic E-state index is 12.7. The van der Waals surface area contributed by atoms with Crippen molar-refractivity contribution in [2.24, 2.45) is 5.73 Å². The van der Waals surface area contributed by atoms with Crippen LogP contribution in [-0.2, 0) is 6.42 Å². The Bertz CT molecular complexity index is 506. The zero-order valence-electron chi connectivity index (χ0n) is 10.1. The Morgan fingerprint density at radius 2 is 1.83 bits per heavy atom. The Morgan fingerprint density at radius 3 is 2.44 bits per heavy atom. The summed E-state index contributed by atoms with van der Waals surface area (Å²) in [7, 11) is 0. The first-order chi connectivity index (χ1) is 8.49. The van der Waals surface area contributed by atoms with Crippen LogP contribution in [0.4, 0.5) is 8.78 Å². The third kappa shape index (κ3) is 2.94. The van der Waals surface area contributed by atoms with Gasteiger partial charge in [0.15, 0.2) is 0 Å². The maximum Gasteiger partial charge on any atom is 0.256 e. The Labute approximate surface area is 109 Å². The minimum Gasteiger partial charge on any atom is -0.320 e. The summed E-state index contributed by atoms with van der Waals surface area (Å²) in [5.74, 6) is 0. The maximum atomic E-state index is 12.7. The average molecular weight is 267 g/mol. The second-order valence-electron chi connectivity index (χ2n) is 4.62. The Balaban J connectivity index is 2.17. The van der Waals surface area contributed by atoms with Gasteiger partial charge in [-0.05, 0) is 24.6 Å². The van der Waals surface area contributed by atoms with Crippen LogP contribution in [0.2, 0.25) is 0 Å². The molecule has 1 atom stereocenters. The predicted molar refractivity (Wildman–Crippen MR) is 72.1 cm³/mol. The van der Waals surface area contributed by atoms with Crippen LogP contribution in [0.5, 0.6) is 0 Å². The second-order valence-corrected chi connectivity index (χ2v) is 5.78. The number of nitrogens with two attached hydrogens (primary N) is 1. The molecule has 0 spiro atoms. The van der Waals surface area contributed by atoms with E-state index in [1.54, 1.807) is 0 Å². The summed E-state index contributed by atoms with van der Waals surface area (Å²) in [6.07, 6.45) is -2.32. The lowest BCUT2D eigenvalue weighted by atomic mass is 9.99. The molecule has 0 aliphatic carbocycles. The predicted octanol–water partition coefficient (Wildman–Crippen LogP) is 3.94. The summed E-state index contributed by atoms with van der Waals surface area (Å²) >= 11 is 1.52. The molecule has 1 unspecified atom stereocenters. The van der Waals surface area contributed by atoms with Gasteiger partial charge in [-0.1, -0.05) is 30.3 Å². The van der Waals surface area contributed by atoms with Crippen LogP contribution in [0.1, 0.15) is 11.8 Å². The molecular formula is C14H15F2NS. The molecule has 1 heterocycles. The smallest absolute Gasteiger partial charge is 0.256 e. The largest absolute Gasteiger partial charge is 0.320 e. The molecule has 0 aliphatic rings. The Morgan fingerprint density at radius 1 is 1.17 bits per heavy atom. The van der Waals surface area contributed by atoms with Crippen LogP contribution in [-0.4, -0.2) is 12.0 Å². The molecule has 0 aliphatic heterocycles. The highest BCUT2D eigenvalue weighted by molar-refractivity contribution is 7.15. The quantitative estimate of drug-likeness (QED) is 0.892. The van der Waals surface area contributed by atoms with Crippen LogP contribution in [0.3, 0.4) is 0 Å². The summed E-state index contributed by atoms with van der Waals surface area (Å²) in [5.41, 5.74) is 5.24. The molecule has 96 valence electrons. The summed E-state index contributed by atoms with van der Waals surface area (Å²) in [6, 6.07) is 13.7. The van der Waals surface area contributed by atoms with Gasteiger partial charge in [0.25, 0.3) is 6.43 Å². The molecule has 0 fully saturated rings. The van der Waals surface area contributed by atoms with E-state index in [9.17, 15) is 8.78 Å². The number of thiophene rings is 1. The van der Waals surface area contributed by atoms with Crippen molar-refractivity contribution in [1.82, 2.24) is 0 Å². The van der Waals surface area contributed by atoms with Crippen molar-refractivity contribution in [3.63, 3.8) is 0 Å². The zero-order valence-corrected chi connectivity index (χ0v) is 10.9. The summed E-state index contributed by atoms with van der Waals surface area (Å²) in [4.78, 5) is 1.97. The molecule has 1 nitrogen and oxygen atoms in total. The van der Waals surface area contributed by atoms with Crippen molar-refractivity contribution in [1.29, 1.82) is 0 Å². The number of hydrogen-bond donors (Lipinski definition) is 1. The highest BCUT2D eigenvalue weighted by Gasteiger charge is 2.30. The van der Waals surface area contributed by atoms with Gasteiger partial charge >= 0.3 is 0 Å². The fourth-order valence-electron chi connectivity index (χ4n) is 1.68. The molecular weight excluding hydrogens is 252 g/mol. The van der Waals surface area contributed by atoms with Crippen LogP contribution in [0, 0.1) is 0 Å². The van der Waals surface area contributed by atoms with Gasteiger partial charge in [-0.25, -0.2) is 8.78 Å². The van der Waals surface area contributed by atoms with Gasteiger partial charge in [-0.3, -0.25) is 0 Å². The number of hydrogen-bond acceptors (Lipinski definition) is 2. The topological polar surface area (TPSA) is 26.0 Å². The molecule has 1 aromatic heterocycles. The Kier molecular flexibility index (Phi) is 3.78. The molecule has 0 amide bonds. The second kappa shape index (κ2) is 5.16. The number of halogens is 2. The van der Waals surface area contributed by atoms with Gasteiger partial charge in [0, 0.05) is 16.2 Å². The van der Waals surface area contributed by atoms with Crippen LogP contribution < -0.4 is 5.73 Å². The first kappa shape index (κ1) is 13.2. The fraction of sp³-hybridized carbons (Fsp3) is 0.286. The SMILES string of the molecule is CC(N)(Cc1ccc(-c2ccccc2)s1)C(F)F.